The minimum absolute atomic E-state index is 0.0794. The second-order valence-corrected chi connectivity index (χ2v) is 9.66. The van der Waals surface area contributed by atoms with Crippen molar-refractivity contribution >= 4 is 17.3 Å². The predicted molar refractivity (Wildman–Crippen MR) is 126 cm³/mol. The number of likely N-dealkylation sites (tertiary alicyclic amines) is 1. The largest absolute Gasteiger partial charge is 0.497 e. The number of hydrogen-bond donors (Lipinski definition) is 2. The standard InChI is InChI=1S/C23H35N5OS/c1-23(2,3)20-16-30-21(27-20)15-26-22(24-4)25-14-19(28-12-6-7-13-28)17-8-10-18(29-5)11-9-17/h8-11,16,19H,6-7,12-15H2,1-5H3,(H2,24,25,26). The molecule has 6 nitrogen and oxygen atoms in total. The quantitative estimate of drug-likeness (QED) is 0.515. The van der Waals surface area contributed by atoms with Crippen LogP contribution in [0.3, 0.4) is 0 Å². The Morgan fingerprint density at radius 2 is 1.90 bits per heavy atom. The molecule has 0 radical (unpaired) electrons. The molecule has 1 fully saturated rings. The van der Waals surface area contributed by atoms with Gasteiger partial charge in [0.2, 0.25) is 0 Å². The zero-order valence-electron chi connectivity index (χ0n) is 18.9. The van der Waals surface area contributed by atoms with Crippen LogP contribution in [0.2, 0.25) is 0 Å². The monoisotopic (exact) mass is 429 g/mol. The highest BCUT2D eigenvalue weighted by atomic mass is 32.1. The molecule has 2 aromatic rings. The van der Waals surface area contributed by atoms with Crippen molar-refractivity contribution in [2.24, 2.45) is 4.99 Å². The third kappa shape index (κ3) is 5.95. The van der Waals surface area contributed by atoms with Gasteiger partial charge in [-0.2, -0.15) is 0 Å². The number of aromatic nitrogens is 1. The lowest BCUT2D eigenvalue weighted by Gasteiger charge is -2.29. The molecule has 2 heterocycles. The SMILES string of the molecule is CN=C(NCc1nc(C(C)(C)C)cs1)NCC(c1ccc(OC)cc1)N1CCCC1. The van der Waals surface area contributed by atoms with Crippen molar-refractivity contribution in [2.75, 3.05) is 33.8 Å². The van der Waals surface area contributed by atoms with Gasteiger partial charge in [-0.25, -0.2) is 4.98 Å². The maximum absolute atomic E-state index is 5.32. The van der Waals surface area contributed by atoms with Crippen LogP contribution in [-0.4, -0.2) is 49.6 Å². The van der Waals surface area contributed by atoms with Gasteiger partial charge in [0.05, 0.1) is 25.4 Å². The van der Waals surface area contributed by atoms with Gasteiger partial charge in [0.25, 0.3) is 0 Å². The Morgan fingerprint density at radius 1 is 1.20 bits per heavy atom. The molecule has 1 atom stereocenters. The summed E-state index contributed by atoms with van der Waals surface area (Å²) in [5.74, 6) is 1.70. The predicted octanol–water partition coefficient (Wildman–Crippen LogP) is 3.95. The molecule has 0 bridgehead atoms. The van der Waals surface area contributed by atoms with Crippen molar-refractivity contribution in [1.82, 2.24) is 20.5 Å². The van der Waals surface area contributed by atoms with Crippen LogP contribution in [0.15, 0.2) is 34.6 Å². The number of aliphatic imine (C=N–C) groups is 1. The molecule has 2 N–H and O–H groups in total. The van der Waals surface area contributed by atoms with E-state index in [1.165, 1.54) is 18.4 Å². The van der Waals surface area contributed by atoms with E-state index in [9.17, 15) is 0 Å². The summed E-state index contributed by atoms with van der Waals surface area (Å²) in [5, 5.41) is 10.2. The molecule has 3 rings (SSSR count). The van der Waals surface area contributed by atoms with E-state index in [0.29, 0.717) is 12.6 Å². The number of thiazole rings is 1. The van der Waals surface area contributed by atoms with Gasteiger partial charge in [-0.1, -0.05) is 32.9 Å². The maximum Gasteiger partial charge on any atom is 0.191 e. The Morgan fingerprint density at radius 3 is 2.47 bits per heavy atom. The van der Waals surface area contributed by atoms with Gasteiger partial charge in [-0.05, 0) is 43.6 Å². The number of benzene rings is 1. The Labute approximate surface area is 184 Å². The summed E-state index contributed by atoms with van der Waals surface area (Å²) in [4.78, 5) is 11.7. The summed E-state index contributed by atoms with van der Waals surface area (Å²) in [6.07, 6.45) is 2.53. The average Bonchev–Trinajstić information content (AvgIpc) is 3.43. The number of nitrogens with zero attached hydrogens (tertiary/aromatic N) is 3. The molecule has 1 saturated heterocycles. The van der Waals surface area contributed by atoms with Crippen LogP contribution in [0.25, 0.3) is 0 Å². The van der Waals surface area contributed by atoms with Crippen LogP contribution in [0, 0.1) is 0 Å². The molecule has 164 valence electrons. The first-order chi connectivity index (χ1) is 14.4. The van der Waals surface area contributed by atoms with E-state index in [0.717, 1.165) is 42.0 Å². The molecule has 7 heteroatoms. The number of guanidine groups is 1. The van der Waals surface area contributed by atoms with E-state index < -0.39 is 0 Å². The van der Waals surface area contributed by atoms with Gasteiger partial charge in [0.15, 0.2) is 5.96 Å². The van der Waals surface area contributed by atoms with E-state index in [1.54, 1.807) is 18.4 Å². The first-order valence-electron chi connectivity index (χ1n) is 10.7. The van der Waals surface area contributed by atoms with Gasteiger partial charge in [-0.3, -0.25) is 9.89 Å². The van der Waals surface area contributed by atoms with Crippen LogP contribution >= 0.6 is 11.3 Å². The van der Waals surface area contributed by atoms with E-state index in [4.69, 9.17) is 9.72 Å². The zero-order valence-corrected chi connectivity index (χ0v) is 19.7. The average molecular weight is 430 g/mol. The van der Waals surface area contributed by atoms with Crippen molar-refractivity contribution in [3.63, 3.8) is 0 Å². The van der Waals surface area contributed by atoms with Gasteiger partial charge in [0, 0.05) is 24.4 Å². The topological polar surface area (TPSA) is 61.8 Å². The van der Waals surface area contributed by atoms with Crippen molar-refractivity contribution in [2.45, 2.75) is 51.6 Å². The molecule has 1 aromatic heterocycles. The molecule has 0 spiro atoms. The molecule has 0 saturated carbocycles. The number of methoxy groups -OCH3 is 1. The maximum atomic E-state index is 5.32. The molecule has 1 aliphatic rings. The smallest absolute Gasteiger partial charge is 0.191 e. The number of nitrogens with one attached hydrogen (secondary N) is 2. The highest BCUT2D eigenvalue weighted by Crippen LogP contribution is 2.26. The van der Waals surface area contributed by atoms with Crippen LogP contribution in [-0.2, 0) is 12.0 Å². The van der Waals surface area contributed by atoms with Crippen LogP contribution in [0.5, 0.6) is 5.75 Å². The summed E-state index contributed by atoms with van der Waals surface area (Å²) >= 11 is 1.70. The summed E-state index contributed by atoms with van der Waals surface area (Å²) in [5.41, 5.74) is 2.52. The molecule has 1 unspecified atom stereocenters. The Balaban J connectivity index is 1.60. The Hall–Kier alpha value is -2.12. The van der Waals surface area contributed by atoms with E-state index in [1.807, 2.05) is 19.2 Å². The fraction of sp³-hybridized carbons (Fsp3) is 0.565. The lowest BCUT2D eigenvalue weighted by molar-refractivity contribution is 0.245. The Kier molecular flexibility index (Phi) is 7.72. The molecular formula is C23H35N5OS. The minimum Gasteiger partial charge on any atom is -0.497 e. The van der Waals surface area contributed by atoms with Crippen LogP contribution < -0.4 is 15.4 Å². The minimum atomic E-state index is 0.0794. The highest BCUT2D eigenvalue weighted by molar-refractivity contribution is 7.09. The fourth-order valence-corrected chi connectivity index (χ4v) is 4.61. The van der Waals surface area contributed by atoms with E-state index in [2.05, 4.69) is 58.8 Å². The van der Waals surface area contributed by atoms with Crippen LogP contribution in [0.4, 0.5) is 0 Å². The summed E-state index contributed by atoms with van der Waals surface area (Å²) in [7, 11) is 3.52. The summed E-state index contributed by atoms with van der Waals surface area (Å²) < 4.78 is 5.32. The lowest BCUT2D eigenvalue weighted by Crippen LogP contribution is -2.42. The summed E-state index contributed by atoms with van der Waals surface area (Å²) in [6.45, 7) is 10.3. The zero-order chi connectivity index (χ0) is 21.6. The second-order valence-electron chi connectivity index (χ2n) is 8.72. The van der Waals surface area contributed by atoms with Crippen LogP contribution in [0.1, 0.15) is 55.9 Å². The lowest BCUT2D eigenvalue weighted by atomic mass is 9.93. The number of hydrogen-bond acceptors (Lipinski definition) is 5. The summed E-state index contributed by atoms with van der Waals surface area (Å²) in [6, 6.07) is 8.73. The highest BCUT2D eigenvalue weighted by Gasteiger charge is 2.24. The second kappa shape index (κ2) is 10.3. The molecular weight excluding hydrogens is 394 g/mol. The number of rotatable bonds is 7. The molecule has 30 heavy (non-hydrogen) atoms. The first-order valence-corrected chi connectivity index (χ1v) is 11.6. The van der Waals surface area contributed by atoms with Gasteiger partial charge in [-0.15, -0.1) is 11.3 Å². The van der Waals surface area contributed by atoms with Crippen molar-refractivity contribution in [3.05, 3.63) is 45.9 Å². The van der Waals surface area contributed by atoms with E-state index in [-0.39, 0.29) is 5.41 Å². The van der Waals surface area contributed by atoms with E-state index >= 15 is 0 Å². The van der Waals surface area contributed by atoms with Gasteiger partial charge < -0.3 is 15.4 Å². The third-order valence-corrected chi connectivity index (χ3v) is 6.34. The molecule has 0 amide bonds. The molecule has 0 aliphatic carbocycles. The van der Waals surface area contributed by atoms with Crippen molar-refractivity contribution in [1.29, 1.82) is 0 Å². The molecule has 1 aromatic carbocycles. The number of ether oxygens (including phenoxy) is 1. The van der Waals surface area contributed by atoms with Gasteiger partial charge >= 0.3 is 0 Å². The third-order valence-electron chi connectivity index (χ3n) is 5.50. The Bertz CT molecular complexity index is 819. The van der Waals surface area contributed by atoms with Gasteiger partial charge in [0.1, 0.15) is 10.8 Å². The van der Waals surface area contributed by atoms with Crippen molar-refractivity contribution in [3.8, 4) is 5.75 Å². The molecule has 1 aliphatic heterocycles. The first kappa shape index (κ1) is 22.6. The fourth-order valence-electron chi connectivity index (χ4n) is 3.65. The normalized spacial score (nSPS) is 16.5. The van der Waals surface area contributed by atoms with Crippen molar-refractivity contribution < 1.29 is 4.74 Å².